The van der Waals surface area contributed by atoms with E-state index < -0.39 is 0 Å². The largest absolute Gasteiger partial charge is 0.368 e. The standard InChI is InChI=1S/C19H17N7O/c1-25(10-13-6-8-14(9-7-13)26-12-21-11-22-26)18(27)17-15-4-2-3-5-16(15)23-19(20)24-17/h2-9,11-12H,10H2,1H3,(H2,20,23,24). The van der Waals surface area contributed by atoms with Crippen LogP contribution in [0.4, 0.5) is 5.95 Å². The number of nitrogens with zero attached hydrogens (tertiary/aromatic N) is 6. The van der Waals surface area contributed by atoms with Crippen molar-refractivity contribution in [2.24, 2.45) is 0 Å². The Morgan fingerprint density at radius 3 is 2.63 bits per heavy atom. The summed E-state index contributed by atoms with van der Waals surface area (Å²) in [6.07, 6.45) is 3.12. The predicted octanol–water partition coefficient (Wildman–Crippen LogP) is 2.06. The van der Waals surface area contributed by atoms with Crippen LogP contribution in [0.15, 0.2) is 61.2 Å². The lowest BCUT2D eigenvalue weighted by Gasteiger charge is -2.18. The molecule has 8 nitrogen and oxygen atoms in total. The molecule has 2 heterocycles. The third kappa shape index (κ3) is 3.32. The maximum absolute atomic E-state index is 12.9. The Labute approximate surface area is 155 Å². The Kier molecular flexibility index (Phi) is 4.21. The van der Waals surface area contributed by atoms with Crippen LogP contribution in [0, 0.1) is 0 Å². The second-order valence-corrected chi connectivity index (χ2v) is 6.12. The van der Waals surface area contributed by atoms with Gasteiger partial charge in [0.05, 0.1) is 11.2 Å². The van der Waals surface area contributed by atoms with Gasteiger partial charge in [-0.25, -0.2) is 19.6 Å². The number of anilines is 1. The summed E-state index contributed by atoms with van der Waals surface area (Å²) in [5.74, 6) is -0.122. The number of para-hydroxylation sites is 1. The van der Waals surface area contributed by atoms with Crippen molar-refractivity contribution in [2.75, 3.05) is 12.8 Å². The monoisotopic (exact) mass is 359 g/mol. The van der Waals surface area contributed by atoms with E-state index in [1.807, 2.05) is 48.5 Å². The lowest BCUT2D eigenvalue weighted by Crippen LogP contribution is -2.27. The summed E-state index contributed by atoms with van der Waals surface area (Å²) in [6.45, 7) is 0.439. The van der Waals surface area contributed by atoms with Crippen molar-refractivity contribution in [3.8, 4) is 5.69 Å². The molecule has 4 aromatic rings. The van der Waals surface area contributed by atoms with Gasteiger partial charge in [0.25, 0.3) is 5.91 Å². The molecule has 0 aliphatic rings. The van der Waals surface area contributed by atoms with E-state index in [1.165, 1.54) is 6.33 Å². The van der Waals surface area contributed by atoms with E-state index in [-0.39, 0.29) is 11.9 Å². The van der Waals surface area contributed by atoms with Crippen LogP contribution < -0.4 is 5.73 Å². The van der Waals surface area contributed by atoms with E-state index in [0.717, 1.165) is 11.3 Å². The average Bonchev–Trinajstić information content (AvgIpc) is 3.22. The van der Waals surface area contributed by atoms with Gasteiger partial charge in [0.15, 0.2) is 0 Å². The molecule has 0 aliphatic carbocycles. The minimum absolute atomic E-state index is 0.0858. The predicted molar refractivity (Wildman–Crippen MR) is 101 cm³/mol. The van der Waals surface area contributed by atoms with Crippen LogP contribution in [0.5, 0.6) is 0 Å². The van der Waals surface area contributed by atoms with Crippen LogP contribution in [0.25, 0.3) is 16.6 Å². The molecular formula is C19H17N7O. The first-order chi connectivity index (χ1) is 13.1. The molecule has 27 heavy (non-hydrogen) atoms. The van der Waals surface area contributed by atoms with Crippen LogP contribution >= 0.6 is 0 Å². The zero-order chi connectivity index (χ0) is 18.8. The number of carbonyl (C=O) groups excluding carboxylic acids is 1. The van der Waals surface area contributed by atoms with Gasteiger partial charge >= 0.3 is 0 Å². The van der Waals surface area contributed by atoms with Crippen molar-refractivity contribution >= 4 is 22.8 Å². The van der Waals surface area contributed by atoms with E-state index in [2.05, 4.69) is 20.1 Å². The fraction of sp³-hybridized carbons (Fsp3) is 0.105. The van der Waals surface area contributed by atoms with E-state index in [4.69, 9.17) is 5.73 Å². The van der Waals surface area contributed by atoms with Gasteiger partial charge in [0.2, 0.25) is 5.95 Å². The molecule has 8 heteroatoms. The Morgan fingerprint density at radius 1 is 1.11 bits per heavy atom. The number of carbonyl (C=O) groups is 1. The number of nitrogen functional groups attached to an aromatic ring is 1. The molecule has 0 fully saturated rings. The highest BCUT2D eigenvalue weighted by Gasteiger charge is 2.18. The second-order valence-electron chi connectivity index (χ2n) is 6.12. The molecular weight excluding hydrogens is 342 g/mol. The number of amides is 1. The maximum Gasteiger partial charge on any atom is 0.273 e. The summed E-state index contributed by atoms with van der Waals surface area (Å²) in [5.41, 5.74) is 8.62. The van der Waals surface area contributed by atoms with Crippen molar-refractivity contribution in [1.29, 1.82) is 0 Å². The molecule has 0 unspecified atom stereocenters. The van der Waals surface area contributed by atoms with Gasteiger partial charge in [0.1, 0.15) is 18.3 Å². The number of nitrogens with two attached hydrogens (primary N) is 1. The molecule has 2 N–H and O–H groups in total. The number of aromatic nitrogens is 5. The second kappa shape index (κ2) is 6.83. The molecule has 0 saturated heterocycles. The topological polar surface area (TPSA) is 103 Å². The summed E-state index contributed by atoms with van der Waals surface area (Å²) in [4.78, 5) is 26.8. The van der Waals surface area contributed by atoms with Crippen LogP contribution in [0.2, 0.25) is 0 Å². The Bertz CT molecular complexity index is 1090. The lowest BCUT2D eigenvalue weighted by atomic mass is 10.1. The van der Waals surface area contributed by atoms with Crippen molar-refractivity contribution < 1.29 is 4.79 Å². The van der Waals surface area contributed by atoms with E-state index >= 15 is 0 Å². The molecule has 0 saturated carbocycles. The normalized spacial score (nSPS) is 10.9. The van der Waals surface area contributed by atoms with Crippen molar-refractivity contribution in [3.05, 3.63) is 72.4 Å². The minimum Gasteiger partial charge on any atom is -0.368 e. The smallest absolute Gasteiger partial charge is 0.273 e. The Morgan fingerprint density at radius 2 is 1.89 bits per heavy atom. The highest BCUT2D eigenvalue weighted by atomic mass is 16.2. The summed E-state index contributed by atoms with van der Waals surface area (Å²) in [5, 5.41) is 4.78. The van der Waals surface area contributed by atoms with Gasteiger partial charge < -0.3 is 10.6 Å². The number of rotatable bonds is 4. The van der Waals surface area contributed by atoms with Gasteiger partial charge in [0, 0.05) is 19.0 Å². The molecule has 1 amide bonds. The van der Waals surface area contributed by atoms with Crippen LogP contribution in [-0.4, -0.2) is 42.6 Å². The first-order valence-electron chi connectivity index (χ1n) is 8.33. The van der Waals surface area contributed by atoms with Crippen LogP contribution in [0.1, 0.15) is 16.1 Å². The Hall–Kier alpha value is -3.81. The van der Waals surface area contributed by atoms with Crippen LogP contribution in [0.3, 0.4) is 0 Å². The number of hydrogen-bond donors (Lipinski definition) is 1. The summed E-state index contributed by atoms with van der Waals surface area (Å²) in [6, 6.07) is 15.1. The first kappa shape index (κ1) is 16.6. The molecule has 0 atom stereocenters. The zero-order valence-corrected chi connectivity index (χ0v) is 14.6. The van der Waals surface area contributed by atoms with Gasteiger partial charge in [-0.2, -0.15) is 5.10 Å². The Balaban J connectivity index is 1.56. The van der Waals surface area contributed by atoms with Crippen molar-refractivity contribution in [1.82, 2.24) is 29.6 Å². The first-order valence-corrected chi connectivity index (χ1v) is 8.33. The SMILES string of the molecule is CN(Cc1ccc(-n2cncn2)cc1)C(=O)c1nc(N)nc2ccccc12. The van der Waals surface area contributed by atoms with Gasteiger partial charge in [-0.15, -0.1) is 0 Å². The van der Waals surface area contributed by atoms with Crippen molar-refractivity contribution in [2.45, 2.75) is 6.54 Å². The van der Waals surface area contributed by atoms with Gasteiger partial charge in [-0.05, 0) is 23.8 Å². The van der Waals surface area contributed by atoms with Crippen molar-refractivity contribution in [3.63, 3.8) is 0 Å². The lowest BCUT2D eigenvalue weighted by molar-refractivity contribution is 0.0781. The molecule has 0 aliphatic heterocycles. The third-order valence-corrected chi connectivity index (χ3v) is 4.21. The molecule has 0 spiro atoms. The molecule has 2 aromatic carbocycles. The number of benzene rings is 2. The maximum atomic E-state index is 12.9. The molecule has 4 rings (SSSR count). The third-order valence-electron chi connectivity index (χ3n) is 4.21. The highest BCUT2D eigenvalue weighted by molar-refractivity contribution is 6.04. The molecule has 2 aromatic heterocycles. The zero-order valence-electron chi connectivity index (χ0n) is 14.6. The van der Waals surface area contributed by atoms with Gasteiger partial charge in [-0.3, -0.25) is 4.79 Å². The fourth-order valence-electron chi connectivity index (χ4n) is 2.88. The fourth-order valence-corrected chi connectivity index (χ4v) is 2.88. The van der Waals surface area contributed by atoms with E-state index in [9.17, 15) is 4.79 Å². The highest BCUT2D eigenvalue weighted by Crippen LogP contribution is 2.19. The van der Waals surface area contributed by atoms with E-state index in [1.54, 1.807) is 23.0 Å². The average molecular weight is 359 g/mol. The summed E-state index contributed by atoms with van der Waals surface area (Å²) >= 11 is 0. The van der Waals surface area contributed by atoms with Crippen LogP contribution in [-0.2, 0) is 6.54 Å². The molecule has 134 valence electrons. The summed E-state index contributed by atoms with van der Waals surface area (Å²) < 4.78 is 1.68. The number of fused-ring (bicyclic) bond motifs is 1. The minimum atomic E-state index is -0.208. The quantitative estimate of drug-likeness (QED) is 0.598. The summed E-state index contributed by atoms with van der Waals surface area (Å²) in [7, 11) is 1.74. The number of hydrogen-bond acceptors (Lipinski definition) is 6. The van der Waals surface area contributed by atoms with Gasteiger partial charge in [-0.1, -0.05) is 30.3 Å². The molecule has 0 radical (unpaired) electrons. The molecule has 0 bridgehead atoms. The van der Waals surface area contributed by atoms with E-state index in [0.29, 0.717) is 23.1 Å².